The number of benzene rings is 4. The minimum absolute atomic E-state index is 0.0461. The number of methoxy groups -OCH3 is 8. The molecule has 1 saturated heterocycles. The maximum Gasteiger partial charge on any atom is 0.340 e. The normalized spacial score (nSPS) is 18.2. The summed E-state index contributed by atoms with van der Waals surface area (Å²) in [6.45, 7) is -0.880. The molecule has 1 N–H and O–H groups in total. The number of carbonyl (C=O) groups is 4. The second-order valence-corrected chi connectivity index (χ2v) is 12.5. The van der Waals surface area contributed by atoms with Gasteiger partial charge in [-0.2, -0.15) is 0 Å². The number of carbonyl (C=O) groups excluding carboxylic acids is 4. The molecule has 1 heterocycles. The van der Waals surface area contributed by atoms with Crippen molar-refractivity contribution in [2.24, 2.45) is 0 Å². The first-order chi connectivity index (χ1) is 29.0. The molecule has 1 aliphatic heterocycles. The largest absolute Gasteiger partial charge is 0.493 e. The smallest absolute Gasteiger partial charge is 0.340 e. The van der Waals surface area contributed by atoms with Crippen molar-refractivity contribution >= 4 is 23.9 Å². The second-order valence-electron chi connectivity index (χ2n) is 12.5. The first-order valence-electron chi connectivity index (χ1n) is 18.0. The summed E-state index contributed by atoms with van der Waals surface area (Å²) < 4.78 is 72.3. The Morgan fingerprint density at radius 3 is 1.00 bits per heavy atom. The number of aliphatic hydroxyl groups excluding tert-OH is 1. The van der Waals surface area contributed by atoms with Crippen molar-refractivity contribution in [3.8, 4) is 46.0 Å². The summed E-state index contributed by atoms with van der Waals surface area (Å²) in [6, 6.07) is 16.6. The van der Waals surface area contributed by atoms with Gasteiger partial charge in [-0.05, 0) is 72.8 Å². The summed E-state index contributed by atoms with van der Waals surface area (Å²) >= 11 is 0. The molecule has 5 rings (SSSR count). The van der Waals surface area contributed by atoms with E-state index in [-0.39, 0.29) is 45.3 Å². The molecule has 4 aromatic rings. The van der Waals surface area contributed by atoms with Crippen LogP contribution < -0.4 is 37.9 Å². The Balaban J connectivity index is 1.62. The van der Waals surface area contributed by atoms with Gasteiger partial charge in [0.25, 0.3) is 0 Å². The SMILES string of the molecule is COc1ccc(C(=O)OC2O[C@H](CO)[C@@H](OC(=O)c3ccc(OC)c(OC)c3)[C@H](OC(=O)c3ccc(OC)c(OC)c3)[C@H]2OC(=O)c2ccc(OC)c(OC)c2)cc1OC. The Bertz CT molecular complexity index is 2170. The zero-order valence-corrected chi connectivity index (χ0v) is 33.9. The van der Waals surface area contributed by atoms with Crippen LogP contribution in [-0.2, 0) is 23.7 Å². The lowest BCUT2D eigenvalue weighted by molar-refractivity contribution is -0.283. The summed E-state index contributed by atoms with van der Waals surface area (Å²) in [7, 11) is 11.1. The van der Waals surface area contributed by atoms with Gasteiger partial charge >= 0.3 is 23.9 Å². The first-order valence-corrected chi connectivity index (χ1v) is 18.0. The molecule has 0 aliphatic carbocycles. The molecule has 320 valence electrons. The third-order valence-corrected chi connectivity index (χ3v) is 9.20. The van der Waals surface area contributed by atoms with Crippen molar-refractivity contribution < 1.29 is 85.9 Å². The number of hydrogen-bond donors (Lipinski definition) is 1. The van der Waals surface area contributed by atoms with Gasteiger partial charge in [-0.15, -0.1) is 0 Å². The van der Waals surface area contributed by atoms with Crippen molar-refractivity contribution in [1.82, 2.24) is 0 Å². The fraction of sp³-hybridized carbons (Fsp3) is 0.333. The lowest BCUT2D eigenvalue weighted by Crippen LogP contribution is -2.63. The van der Waals surface area contributed by atoms with Gasteiger partial charge in [-0.1, -0.05) is 0 Å². The molecule has 0 spiro atoms. The van der Waals surface area contributed by atoms with Crippen molar-refractivity contribution in [2.45, 2.75) is 30.7 Å². The lowest BCUT2D eigenvalue weighted by atomic mass is 9.97. The molecule has 0 saturated carbocycles. The fourth-order valence-corrected chi connectivity index (χ4v) is 6.12. The van der Waals surface area contributed by atoms with Crippen LogP contribution in [-0.4, -0.2) is 123 Å². The van der Waals surface area contributed by atoms with E-state index in [1.165, 1.54) is 130 Å². The van der Waals surface area contributed by atoms with Crippen LogP contribution in [0.5, 0.6) is 46.0 Å². The summed E-state index contributed by atoms with van der Waals surface area (Å²) in [6.07, 6.45) is -8.92. The summed E-state index contributed by atoms with van der Waals surface area (Å²) in [5.74, 6) is -2.17. The lowest BCUT2D eigenvalue weighted by Gasteiger charge is -2.43. The van der Waals surface area contributed by atoms with E-state index in [4.69, 9.17) is 61.6 Å². The number of esters is 4. The zero-order valence-electron chi connectivity index (χ0n) is 33.9. The van der Waals surface area contributed by atoms with Crippen LogP contribution >= 0.6 is 0 Å². The van der Waals surface area contributed by atoms with Gasteiger partial charge in [-0.3, -0.25) is 0 Å². The Hall–Kier alpha value is -6.92. The van der Waals surface area contributed by atoms with E-state index < -0.39 is 61.2 Å². The van der Waals surface area contributed by atoms with Gasteiger partial charge < -0.3 is 66.7 Å². The molecule has 0 aromatic heterocycles. The van der Waals surface area contributed by atoms with E-state index in [0.717, 1.165) is 0 Å². The van der Waals surface area contributed by atoms with E-state index in [9.17, 15) is 24.3 Å². The number of ether oxygens (including phenoxy) is 13. The van der Waals surface area contributed by atoms with Gasteiger partial charge in [0.15, 0.2) is 58.2 Å². The van der Waals surface area contributed by atoms with E-state index in [1.54, 1.807) is 0 Å². The third kappa shape index (κ3) is 9.67. The van der Waals surface area contributed by atoms with Crippen LogP contribution in [0.25, 0.3) is 0 Å². The average Bonchev–Trinajstić information content (AvgIpc) is 3.29. The standard InChI is InChI=1S/C42H44O18/c1-48-26-13-9-22(17-30(26)52-5)38(44)57-35-34(21-43)56-42(60-41(47)25-12-16-29(51-4)33(20-25)55-8)37(59-40(46)24-11-15-28(50-3)32(19-24)54-7)36(35)58-39(45)23-10-14-27(49-2)31(18-23)53-6/h9-20,34-37,42-43H,21H2,1-8H3/t34-,35-,36+,37-,42?/m1/s1. The Kier molecular flexibility index (Phi) is 14.9. The van der Waals surface area contributed by atoms with Crippen LogP contribution in [0.4, 0.5) is 0 Å². The molecule has 4 aromatic carbocycles. The maximum absolute atomic E-state index is 14.1. The van der Waals surface area contributed by atoms with Crippen LogP contribution in [0.1, 0.15) is 41.4 Å². The maximum atomic E-state index is 14.1. The molecule has 0 amide bonds. The third-order valence-electron chi connectivity index (χ3n) is 9.20. The van der Waals surface area contributed by atoms with Gasteiger partial charge in [0.1, 0.15) is 6.10 Å². The van der Waals surface area contributed by atoms with E-state index in [0.29, 0.717) is 23.0 Å². The molecular formula is C42H44O18. The van der Waals surface area contributed by atoms with Crippen LogP contribution in [0.2, 0.25) is 0 Å². The van der Waals surface area contributed by atoms with E-state index >= 15 is 0 Å². The molecule has 18 nitrogen and oxygen atoms in total. The molecule has 1 unspecified atom stereocenters. The molecule has 18 heteroatoms. The van der Waals surface area contributed by atoms with Gasteiger partial charge in [0, 0.05) is 0 Å². The van der Waals surface area contributed by atoms with Gasteiger partial charge in [0.05, 0.1) is 85.7 Å². The van der Waals surface area contributed by atoms with Crippen molar-refractivity contribution in [2.75, 3.05) is 63.5 Å². The van der Waals surface area contributed by atoms with Gasteiger partial charge in [0.2, 0.25) is 12.4 Å². The van der Waals surface area contributed by atoms with Crippen molar-refractivity contribution in [3.63, 3.8) is 0 Å². The number of rotatable bonds is 17. The predicted molar refractivity (Wildman–Crippen MR) is 207 cm³/mol. The molecule has 0 radical (unpaired) electrons. The first kappa shape index (κ1) is 44.2. The van der Waals surface area contributed by atoms with Gasteiger partial charge in [-0.25, -0.2) is 19.2 Å². The minimum atomic E-state index is -1.91. The van der Waals surface area contributed by atoms with E-state index in [2.05, 4.69) is 0 Å². The number of hydrogen-bond acceptors (Lipinski definition) is 18. The molecule has 60 heavy (non-hydrogen) atoms. The quantitative estimate of drug-likeness (QED) is 0.116. The Labute approximate surface area is 344 Å². The molecule has 1 aliphatic rings. The van der Waals surface area contributed by atoms with Crippen molar-refractivity contribution in [3.05, 3.63) is 95.1 Å². The zero-order chi connectivity index (χ0) is 43.5. The highest BCUT2D eigenvalue weighted by Crippen LogP contribution is 2.36. The molecule has 0 bridgehead atoms. The molecule has 5 atom stereocenters. The molecule has 1 fully saturated rings. The highest BCUT2D eigenvalue weighted by atomic mass is 16.7. The summed E-state index contributed by atoms with van der Waals surface area (Å²) in [4.78, 5) is 55.8. The van der Waals surface area contributed by atoms with Crippen LogP contribution in [0, 0.1) is 0 Å². The van der Waals surface area contributed by atoms with Crippen molar-refractivity contribution in [1.29, 1.82) is 0 Å². The summed E-state index contributed by atoms with van der Waals surface area (Å²) in [5.41, 5.74) is -0.253. The predicted octanol–water partition coefficient (Wildman–Crippen LogP) is 4.31. The minimum Gasteiger partial charge on any atom is -0.493 e. The topological polar surface area (TPSA) is 208 Å². The average molecular weight is 837 g/mol. The fourth-order valence-electron chi connectivity index (χ4n) is 6.12. The second kappa shape index (κ2) is 20.2. The van der Waals surface area contributed by atoms with E-state index in [1.807, 2.05) is 0 Å². The Morgan fingerprint density at radius 2 is 0.700 bits per heavy atom. The highest BCUT2D eigenvalue weighted by Gasteiger charge is 2.54. The monoisotopic (exact) mass is 836 g/mol. The summed E-state index contributed by atoms with van der Waals surface area (Å²) in [5, 5.41) is 10.7. The van der Waals surface area contributed by atoms with Crippen LogP contribution in [0.15, 0.2) is 72.8 Å². The Morgan fingerprint density at radius 1 is 0.417 bits per heavy atom. The van der Waals surface area contributed by atoms with Crippen LogP contribution in [0.3, 0.4) is 0 Å². The highest BCUT2D eigenvalue weighted by molar-refractivity contribution is 5.93. The molecular weight excluding hydrogens is 792 g/mol. The number of aliphatic hydroxyl groups is 1.